The van der Waals surface area contributed by atoms with Crippen molar-refractivity contribution in [1.29, 1.82) is 0 Å². The van der Waals surface area contributed by atoms with E-state index in [4.69, 9.17) is 4.74 Å². The Labute approximate surface area is 139 Å². The van der Waals surface area contributed by atoms with E-state index in [-0.39, 0.29) is 16.9 Å². The van der Waals surface area contributed by atoms with E-state index in [1.54, 1.807) is 0 Å². The molecule has 4 aliphatic rings. The summed E-state index contributed by atoms with van der Waals surface area (Å²) in [5.74, 6) is 2.39. The molecule has 0 aliphatic heterocycles. The minimum Gasteiger partial charge on any atom is -0.464 e. The van der Waals surface area contributed by atoms with Crippen molar-refractivity contribution in [3.63, 3.8) is 0 Å². The third-order valence-corrected chi connectivity index (χ3v) is 8.48. The van der Waals surface area contributed by atoms with E-state index in [1.807, 2.05) is 0 Å². The first-order chi connectivity index (χ1) is 11.0. The first-order valence-electron chi connectivity index (χ1n) is 9.63. The van der Waals surface area contributed by atoms with Crippen molar-refractivity contribution in [2.45, 2.75) is 77.7 Å². The van der Waals surface area contributed by atoms with Crippen LogP contribution in [0.25, 0.3) is 0 Å². The van der Waals surface area contributed by atoms with Crippen molar-refractivity contribution < 1.29 is 14.3 Å². The van der Waals surface area contributed by atoms with Crippen LogP contribution >= 0.6 is 0 Å². The fourth-order valence-corrected chi connectivity index (χ4v) is 7.16. The van der Waals surface area contributed by atoms with Gasteiger partial charge in [-0.3, -0.25) is 9.59 Å². The fraction of sp³-hybridized carbons (Fsp3) is 0.900. The second-order valence-electron chi connectivity index (χ2n) is 9.18. The highest BCUT2D eigenvalue weighted by Crippen LogP contribution is 2.65. The topological polar surface area (TPSA) is 43.4 Å². The van der Waals surface area contributed by atoms with Crippen molar-refractivity contribution in [2.24, 2.45) is 34.5 Å². The summed E-state index contributed by atoms with van der Waals surface area (Å²) in [6, 6.07) is 0. The zero-order chi connectivity index (χ0) is 16.2. The van der Waals surface area contributed by atoms with Gasteiger partial charge in [-0.05, 0) is 55.3 Å². The number of fused-ring (bicyclic) bond motifs is 5. The molecule has 0 aromatic carbocycles. The van der Waals surface area contributed by atoms with Crippen LogP contribution in [0.3, 0.4) is 0 Å². The van der Waals surface area contributed by atoms with Gasteiger partial charge in [0.05, 0.1) is 0 Å². The van der Waals surface area contributed by atoms with Crippen LogP contribution in [-0.4, -0.2) is 18.4 Å². The minimum atomic E-state index is -0.149. The van der Waals surface area contributed by atoms with E-state index in [0.29, 0.717) is 35.9 Å². The SMILES string of the molecule is C[C@@]12CCC[C@H]1[C@@H]1[C@@H](OC=O)CC3CCCC[C@]3(C)[C@H]1CC2=O. The lowest BCUT2D eigenvalue weighted by Crippen LogP contribution is -2.59. The molecule has 3 nitrogen and oxygen atoms in total. The van der Waals surface area contributed by atoms with Gasteiger partial charge in [0.25, 0.3) is 6.47 Å². The molecule has 4 aliphatic carbocycles. The van der Waals surface area contributed by atoms with Gasteiger partial charge in [0, 0.05) is 17.8 Å². The first-order valence-corrected chi connectivity index (χ1v) is 9.63. The Kier molecular flexibility index (Phi) is 3.62. The molecule has 4 saturated carbocycles. The molecule has 0 aromatic heterocycles. The normalized spacial score (nSPS) is 52.3. The van der Waals surface area contributed by atoms with Gasteiger partial charge in [-0.15, -0.1) is 0 Å². The molecule has 0 amide bonds. The molecular weight excluding hydrogens is 288 g/mol. The monoisotopic (exact) mass is 318 g/mol. The second kappa shape index (κ2) is 5.32. The predicted molar refractivity (Wildman–Crippen MR) is 87.7 cm³/mol. The van der Waals surface area contributed by atoms with Crippen molar-refractivity contribution in [2.75, 3.05) is 0 Å². The summed E-state index contributed by atoms with van der Waals surface area (Å²) in [5, 5.41) is 0. The van der Waals surface area contributed by atoms with Gasteiger partial charge in [-0.2, -0.15) is 0 Å². The van der Waals surface area contributed by atoms with Gasteiger partial charge in [0.2, 0.25) is 0 Å². The highest BCUT2D eigenvalue weighted by atomic mass is 16.5. The Hall–Kier alpha value is -0.860. The quantitative estimate of drug-likeness (QED) is 0.719. The lowest BCUT2D eigenvalue weighted by Gasteiger charge is -2.60. The summed E-state index contributed by atoms with van der Waals surface area (Å²) >= 11 is 0. The van der Waals surface area contributed by atoms with Gasteiger partial charge >= 0.3 is 0 Å². The Balaban J connectivity index is 1.75. The maximum absolute atomic E-state index is 13.0. The molecule has 4 rings (SSSR count). The molecule has 0 spiro atoms. The summed E-state index contributed by atoms with van der Waals surface area (Å²) in [7, 11) is 0. The third kappa shape index (κ3) is 2.07. The zero-order valence-corrected chi connectivity index (χ0v) is 14.6. The van der Waals surface area contributed by atoms with Crippen LogP contribution in [0.2, 0.25) is 0 Å². The van der Waals surface area contributed by atoms with Crippen LogP contribution in [-0.2, 0) is 14.3 Å². The third-order valence-electron chi connectivity index (χ3n) is 8.48. The minimum absolute atomic E-state index is 0.0456. The smallest absolute Gasteiger partial charge is 0.293 e. The molecule has 0 radical (unpaired) electrons. The van der Waals surface area contributed by atoms with Crippen molar-refractivity contribution in [3.8, 4) is 0 Å². The molecule has 23 heavy (non-hydrogen) atoms. The molecule has 0 N–H and O–H groups in total. The van der Waals surface area contributed by atoms with Crippen LogP contribution in [0.5, 0.6) is 0 Å². The number of carbonyl (C=O) groups is 2. The number of ketones is 1. The molecular formula is C20H30O3. The zero-order valence-electron chi connectivity index (χ0n) is 14.6. The molecule has 0 heterocycles. The van der Waals surface area contributed by atoms with E-state index in [0.717, 1.165) is 32.1 Å². The number of ether oxygens (including phenoxy) is 1. The maximum Gasteiger partial charge on any atom is 0.293 e. The number of rotatable bonds is 2. The highest BCUT2D eigenvalue weighted by Gasteiger charge is 2.63. The Morgan fingerprint density at radius 3 is 2.70 bits per heavy atom. The lowest BCUT2D eigenvalue weighted by molar-refractivity contribution is -0.181. The molecule has 4 fully saturated rings. The Morgan fingerprint density at radius 2 is 1.91 bits per heavy atom. The molecule has 7 atom stereocenters. The summed E-state index contributed by atoms with van der Waals surface area (Å²) < 4.78 is 5.64. The van der Waals surface area contributed by atoms with Gasteiger partial charge < -0.3 is 4.74 Å². The average molecular weight is 318 g/mol. The predicted octanol–water partition coefficient (Wildman–Crippen LogP) is 4.14. The van der Waals surface area contributed by atoms with E-state index in [2.05, 4.69) is 13.8 Å². The number of Topliss-reactive ketones (excluding diaryl/α,β-unsaturated/α-hetero) is 1. The molecule has 0 saturated heterocycles. The number of hydrogen-bond acceptors (Lipinski definition) is 3. The number of hydrogen-bond donors (Lipinski definition) is 0. The van der Waals surface area contributed by atoms with Crippen LogP contribution in [0.15, 0.2) is 0 Å². The maximum atomic E-state index is 13.0. The van der Waals surface area contributed by atoms with E-state index < -0.39 is 0 Å². The average Bonchev–Trinajstić information content (AvgIpc) is 2.92. The summed E-state index contributed by atoms with van der Waals surface area (Å²) in [6.45, 7) is 5.29. The molecule has 1 unspecified atom stereocenters. The van der Waals surface area contributed by atoms with E-state index in [9.17, 15) is 9.59 Å². The van der Waals surface area contributed by atoms with Crippen molar-refractivity contribution in [1.82, 2.24) is 0 Å². The Bertz CT molecular complexity index is 515. The molecule has 3 heteroatoms. The first kappa shape index (κ1) is 15.7. The molecule has 0 bridgehead atoms. The summed E-state index contributed by atoms with van der Waals surface area (Å²) in [5.41, 5.74) is 0.134. The van der Waals surface area contributed by atoms with Gasteiger partial charge in [-0.1, -0.05) is 33.1 Å². The molecule has 0 aromatic rings. The Morgan fingerprint density at radius 1 is 1.09 bits per heavy atom. The van der Waals surface area contributed by atoms with Crippen LogP contribution in [0.4, 0.5) is 0 Å². The lowest BCUT2D eigenvalue weighted by atomic mass is 9.44. The van der Waals surface area contributed by atoms with E-state index in [1.165, 1.54) is 25.7 Å². The van der Waals surface area contributed by atoms with Gasteiger partial charge in [-0.25, -0.2) is 0 Å². The van der Waals surface area contributed by atoms with Crippen molar-refractivity contribution in [3.05, 3.63) is 0 Å². The van der Waals surface area contributed by atoms with Crippen LogP contribution in [0.1, 0.15) is 71.6 Å². The van der Waals surface area contributed by atoms with Crippen molar-refractivity contribution >= 4 is 12.3 Å². The van der Waals surface area contributed by atoms with Gasteiger partial charge in [0.15, 0.2) is 0 Å². The van der Waals surface area contributed by atoms with E-state index >= 15 is 0 Å². The van der Waals surface area contributed by atoms with Crippen LogP contribution in [0, 0.1) is 34.5 Å². The van der Waals surface area contributed by atoms with Crippen LogP contribution < -0.4 is 0 Å². The summed E-state index contributed by atoms with van der Waals surface area (Å²) in [4.78, 5) is 24.2. The fourth-order valence-electron chi connectivity index (χ4n) is 7.16. The van der Waals surface area contributed by atoms with Gasteiger partial charge in [0.1, 0.15) is 11.9 Å². The number of carbonyl (C=O) groups excluding carboxylic acids is 2. The largest absolute Gasteiger partial charge is 0.464 e. The molecule has 128 valence electrons. The summed E-state index contributed by atoms with van der Waals surface area (Å²) in [6.07, 6.45) is 10.2. The highest BCUT2D eigenvalue weighted by molar-refractivity contribution is 5.86. The second-order valence-corrected chi connectivity index (χ2v) is 9.18. The standard InChI is InChI=1S/C20H30O3/c1-19-8-4-3-6-13(19)10-16(23-12-21)18-14-7-5-9-20(14,2)17(22)11-15(18)19/h12-16,18H,3-11H2,1-2H3/t13?,14-,15-,16-,18-,19-,20+/m0/s1.